The molecule has 0 spiro atoms. The fourth-order valence-corrected chi connectivity index (χ4v) is 3.49. The van der Waals surface area contributed by atoms with E-state index in [1.165, 1.54) is 6.42 Å². The molecule has 0 aromatic heterocycles. The molecular weight excluding hydrogens is 300 g/mol. The number of carbonyl (C=O) groups excluding carboxylic acids is 1. The van der Waals surface area contributed by atoms with Crippen molar-refractivity contribution in [2.24, 2.45) is 5.92 Å². The van der Waals surface area contributed by atoms with Crippen LogP contribution in [-0.2, 0) is 4.74 Å². The molecule has 0 unspecified atom stereocenters. The molecule has 1 amide bonds. The first-order chi connectivity index (χ1) is 10.6. The molecule has 5 heteroatoms. The Morgan fingerprint density at radius 2 is 2.09 bits per heavy atom. The number of piperazine rings is 1. The highest BCUT2D eigenvalue weighted by Gasteiger charge is 2.25. The van der Waals surface area contributed by atoms with Crippen LogP contribution < -0.4 is 0 Å². The summed E-state index contributed by atoms with van der Waals surface area (Å²) in [4.78, 5) is 17.0. The van der Waals surface area contributed by atoms with E-state index in [9.17, 15) is 4.79 Å². The second-order valence-electron chi connectivity index (χ2n) is 6.28. The average molecular weight is 323 g/mol. The predicted octanol–water partition coefficient (Wildman–Crippen LogP) is 2.44. The van der Waals surface area contributed by atoms with Crippen molar-refractivity contribution in [1.29, 1.82) is 0 Å². The maximum Gasteiger partial charge on any atom is 0.254 e. The van der Waals surface area contributed by atoms with Gasteiger partial charge in [-0.15, -0.1) is 0 Å². The van der Waals surface area contributed by atoms with Crippen LogP contribution in [0, 0.1) is 12.8 Å². The number of carbonyl (C=O) groups is 1. The van der Waals surface area contributed by atoms with Crippen molar-refractivity contribution in [2.75, 3.05) is 45.9 Å². The van der Waals surface area contributed by atoms with E-state index in [1.54, 1.807) is 6.07 Å². The Kier molecular flexibility index (Phi) is 5.01. The van der Waals surface area contributed by atoms with Gasteiger partial charge >= 0.3 is 0 Å². The molecule has 0 radical (unpaired) electrons. The van der Waals surface area contributed by atoms with Gasteiger partial charge in [0.2, 0.25) is 0 Å². The summed E-state index contributed by atoms with van der Waals surface area (Å²) in [7, 11) is 0. The Morgan fingerprint density at radius 3 is 2.73 bits per heavy atom. The summed E-state index contributed by atoms with van der Waals surface area (Å²) in [5, 5.41) is 0.678. The largest absolute Gasteiger partial charge is 0.381 e. The van der Waals surface area contributed by atoms with Gasteiger partial charge in [-0.1, -0.05) is 11.6 Å². The Bertz CT molecular complexity index is 535. The Morgan fingerprint density at radius 1 is 1.32 bits per heavy atom. The van der Waals surface area contributed by atoms with E-state index in [1.807, 2.05) is 24.0 Å². The summed E-state index contributed by atoms with van der Waals surface area (Å²) in [6.07, 6.45) is 1.17. The van der Waals surface area contributed by atoms with Crippen LogP contribution in [0.1, 0.15) is 22.3 Å². The molecule has 1 aromatic carbocycles. The molecule has 1 atom stereocenters. The number of hydrogen-bond acceptors (Lipinski definition) is 3. The highest BCUT2D eigenvalue weighted by Crippen LogP contribution is 2.19. The minimum Gasteiger partial charge on any atom is -0.381 e. The van der Waals surface area contributed by atoms with Gasteiger partial charge in [-0.25, -0.2) is 0 Å². The zero-order valence-corrected chi connectivity index (χ0v) is 13.8. The lowest BCUT2D eigenvalue weighted by Crippen LogP contribution is -2.49. The zero-order valence-electron chi connectivity index (χ0n) is 13.1. The van der Waals surface area contributed by atoms with E-state index in [-0.39, 0.29) is 5.91 Å². The SMILES string of the molecule is Cc1cc(Cl)ccc1C(=O)N1CCN(C[C@H]2CCOC2)CC1. The second-order valence-corrected chi connectivity index (χ2v) is 6.72. The second kappa shape index (κ2) is 6.99. The number of halogens is 1. The monoisotopic (exact) mass is 322 g/mol. The summed E-state index contributed by atoms with van der Waals surface area (Å²) in [6, 6.07) is 5.48. The molecule has 2 fully saturated rings. The lowest BCUT2D eigenvalue weighted by molar-refractivity contribution is 0.0610. The molecule has 2 aliphatic rings. The fraction of sp³-hybridized carbons (Fsp3) is 0.588. The normalized spacial score (nSPS) is 23.0. The van der Waals surface area contributed by atoms with Gasteiger partial charge in [0.05, 0.1) is 6.61 Å². The molecule has 2 aliphatic heterocycles. The van der Waals surface area contributed by atoms with Gasteiger partial charge in [0.1, 0.15) is 0 Å². The summed E-state index contributed by atoms with van der Waals surface area (Å²) in [5.41, 5.74) is 1.71. The summed E-state index contributed by atoms with van der Waals surface area (Å²) < 4.78 is 5.44. The first-order valence-corrected chi connectivity index (χ1v) is 8.37. The molecule has 3 rings (SSSR count). The summed E-state index contributed by atoms with van der Waals surface area (Å²) in [5.74, 6) is 0.791. The molecule has 2 saturated heterocycles. The Balaban J connectivity index is 1.55. The van der Waals surface area contributed by atoms with Gasteiger partial charge < -0.3 is 9.64 Å². The Labute approximate surface area is 137 Å². The van der Waals surface area contributed by atoms with Crippen molar-refractivity contribution in [3.63, 3.8) is 0 Å². The molecule has 1 aromatic rings. The number of hydrogen-bond donors (Lipinski definition) is 0. The van der Waals surface area contributed by atoms with E-state index in [2.05, 4.69) is 4.90 Å². The molecule has 0 N–H and O–H groups in total. The third kappa shape index (κ3) is 3.62. The maximum absolute atomic E-state index is 12.6. The topological polar surface area (TPSA) is 32.8 Å². The number of aryl methyl sites for hydroxylation is 1. The molecule has 22 heavy (non-hydrogen) atoms. The number of benzene rings is 1. The maximum atomic E-state index is 12.6. The van der Waals surface area contributed by atoms with E-state index >= 15 is 0 Å². The van der Waals surface area contributed by atoms with Crippen molar-refractivity contribution >= 4 is 17.5 Å². The summed E-state index contributed by atoms with van der Waals surface area (Å²) >= 11 is 5.97. The number of amides is 1. The van der Waals surface area contributed by atoms with Crippen LogP contribution in [0.4, 0.5) is 0 Å². The number of nitrogens with zero attached hydrogens (tertiary/aromatic N) is 2. The van der Waals surface area contributed by atoms with Crippen molar-refractivity contribution < 1.29 is 9.53 Å². The van der Waals surface area contributed by atoms with Crippen LogP contribution in [-0.4, -0.2) is 61.6 Å². The van der Waals surface area contributed by atoms with Crippen molar-refractivity contribution in [2.45, 2.75) is 13.3 Å². The first-order valence-electron chi connectivity index (χ1n) is 7.99. The van der Waals surface area contributed by atoms with E-state index in [0.717, 1.165) is 57.1 Å². The number of rotatable bonds is 3. The van der Waals surface area contributed by atoms with Gasteiger partial charge in [-0.05, 0) is 43.0 Å². The molecule has 4 nitrogen and oxygen atoms in total. The van der Waals surface area contributed by atoms with Crippen LogP contribution in [0.25, 0.3) is 0 Å². The smallest absolute Gasteiger partial charge is 0.254 e. The van der Waals surface area contributed by atoms with E-state index in [4.69, 9.17) is 16.3 Å². The molecular formula is C17H23ClN2O2. The third-order valence-corrected chi connectivity index (χ3v) is 4.85. The molecule has 0 bridgehead atoms. The summed E-state index contributed by atoms with van der Waals surface area (Å²) in [6.45, 7) is 8.34. The minimum absolute atomic E-state index is 0.123. The Hall–Kier alpha value is -1.10. The van der Waals surface area contributed by atoms with Gasteiger partial charge in [0, 0.05) is 49.9 Å². The average Bonchev–Trinajstić information content (AvgIpc) is 3.00. The van der Waals surface area contributed by atoms with Crippen LogP contribution in [0.15, 0.2) is 18.2 Å². The van der Waals surface area contributed by atoms with Gasteiger partial charge in [-0.3, -0.25) is 9.69 Å². The van der Waals surface area contributed by atoms with Crippen molar-refractivity contribution in [3.8, 4) is 0 Å². The lowest BCUT2D eigenvalue weighted by Gasteiger charge is -2.36. The first kappa shape index (κ1) is 15.8. The predicted molar refractivity (Wildman–Crippen MR) is 87.5 cm³/mol. The lowest BCUT2D eigenvalue weighted by atomic mass is 10.1. The van der Waals surface area contributed by atoms with Gasteiger partial charge in [0.15, 0.2) is 0 Å². The van der Waals surface area contributed by atoms with Gasteiger partial charge in [-0.2, -0.15) is 0 Å². The minimum atomic E-state index is 0.123. The zero-order chi connectivity index (χ0) is 15.5. The molecule has 0 saturated carbocycles. The highest BCUT2D eigenvalue weighted by molar-refractivity contribution is 6.30. The van der Waals surface area contributed by atoms with Crippen LogP contribution in [0.2, 0.25) is 5.02 Å². The number of ether oxygens (including phenoxy) is 1. The molecule has 2 heterocycles. The van der Waals surface area contributed by atoms with E-state index < -0.39 is 0 Å². The highest BCUT2D eigenvalue weighted by atomic mass is 35.5. The van der Waals surface area contributed by atoms with Crippen molar-refractivity contribution in [1.82, 2.24) is 9.80 Å². The van der Waals surface area contributed by atoms with Gasteiger partial charge in [0.25, 0.3) is 5.91 Å². The third-order valence-electron chi connectivity index (χ3n) is 4.62. The van der Waals surface area contributed by atoms with Crippen LogP contribution >= 0.6 is 11.6 Å². The fourth-order valence-electron chi connectivity index (χ4n) is 3.26. The molecule has 120 valence electrons. The van der Waals surface area contributed by atoms with Crippen LogP contribution in [0.5, 0.6) is 0 Å². The van der Waals surface area contributed by atoms with Crippen LogP contribution in [0.3, 0.4) is 0 Å². The quantitative estimate of drug-likeness (QED) is 0.857. The standard InChI is InChI=1S/C17H23ClN2O2/c1-13-10-15(18)2-3-16(13)17(21)20-7-5-19(6-8-20)11-14-4-9-22-12-14/h2-3,10,14H,4-9,11-12H2,1H3/t14-/m1/s1. The van der Waals surface area contributed by atoms with Crippen molar-refractivity contribution in [3.05, 3.63) is 34.3 Å². The molecule has 0 aliphatic carbocycles. The van der Waals surface area contributed by atoms with E-state index in [0.29, 0.717) is 10.9 Å².